The summed E-state index contributed by atoms with van der Waals surface area (Å²) in [5, 5.41) is 5.02. The van der Waals surface area contributed by atoms with Crippen molar-refractivity contribution in [2.75, 3.05) is 4.90 Å². The second kappa shape index (κ2) is 8.39. The molecule has 0 radical (unpaired) electrons. The Balaban J connectivity index is 1.61. The summed E-state index contributed by atoms with van der Waals surface area (Å²) in [6.07, 6.45) is 8.20. The molecule has 2 nitrogen and oxygen atoms in total. The number of aromatic nitrogens is 1. The zero-order chi connectivity index (χ0) is 24.9. The highest BCUT2D eigenvalue weighted by molar-refractivity contribution is 6.19. The summed E-state index contributed by atoms with van der Waals surface area (Å²) >= 11 is 0. The molecule has 0 amide bonds. The molecule has 0 bridgehead atoms. The van der Waals surface area contributed by atoms with Crippen molar-refractivity contribution < 1.29 is 0 Å². The number of benzene rings is 5. The molecule has 1 aromatic heterocycles. The van der Waals surface area contributed by atoms with Crippen LogP contribution in [0.15, 0.2) is 134 Å². The first-order valence-electron chi connectivity index (χ1n) is 12.7. The van der Waals surface area contributed by atoms with Gasteiger partial charge in [-0.1, -0.05) is 91.5 Å². The molecule has 176 valence electrons. The van der Waals surface area contributed by atoms with E-state index in [0.29, 0.717) is 0 Å². The highest BCUT2D eigenvalue weighted by atomic mass is 15.2. The minimum absolute atomic E-state index is 0.939. The molecule has 0 unspecified atom stereocenters. The van der Waals surface area contributed by atoms with Crippen LogP contribution in [0.4, 0.5) is 17.1 Å². The maximum atomic E-state index is 4.45. The SMILES string of the molecule is C=C(/C=C\C=C/C)n1c2ccccc2c2cc3c(cc21)N(c1ccccc1)c1cccc2cccc-3c12. The predicted molar refractivity (Wildman–Crippen MR) is 160 cm³/mol. The number of allylic oxidation sites excluding steroid dienone is 5. The van der Waals surface area contributed by atoms with Crippen LogP contribution in [0.5, 0.6) is 0 Å². The molecule has 1 aliphatic rings. The van der Waals surface area contributed by atoms with Crippen molar-refractivity contribution in [3.63, 3.8) is 0 Å². The zero-order valence-corrected chi connectivity index (χ0v) is 20.7. The van der Waals surface area contributed by atoms with Crippen molar-refractivity contribution in [2.45, 2.75) is 6.92 Å². The second-order valence-electron chi connectivity index (χ2n) is 9.47. The van der Waals surface area contributed by atoms with Gasteiger partial charge in [-0.2, -0.15) is 0 Å². The zero-order valence-electron chi connectivity index (χ0n) is 20.7. The number of hydrogen-bond acceptors (Lipinski definition) is 1. The first kappa shape index (κ1) is 21.5. The maximum Gasteiger partial charge on any atom is 0.0562 e. The Bertz CT molecular complexity index is 1900. The van der Waals surface area contributed by atoms with E-state index in [1.54, 1.807) is 0 Å². The van der Waals surface area contributed by atoms with Crippen molar-refractivity contribution in [1.29, 1.82) is 0 Å². The summed E-state index contributed by atoms with van der Waals surface area (Å²) in [4.78, 5) is 2.41. The third-order valence-corrected chi connectivity index (χ3v) is 7.34. The Morgan fingerprint density at radius 3 is 2.30 bits per heavy atom. The molecule has 5 aromatic carbocycles. The average molecular weight is 475 g/mol. The molecule has 0 saturated carbocycles. The van der Waals surface area contributed by atoms with Crippen molar-refractivity contribution >= 4 is 55.3 Å². The normalized spacial score (nSPS) is 12.8. The first-order valence-corrected chi connectivity index (χ1v) is 12.7. The quantitative estimate of drug-likeness (QED) is 0.230. The number of fused-ring (bicyclic) bond motifs is 5. The third kappa shape index (κ3) is 3.19. The number of hydrogen-bond donors (Lipinski definition) is 0. The Morgan fingerprint density at radius 2 is 1.46 bits per heavy atom. The summed E-state index contributed by atoms with van der Waals surface area (Å²) < 4.78 is 2.29. The lowest BCUT2D eigenvalue weighted by Crippen LogP contribution is -2.15. The van der Waals surface area contributed by atoms with Crippen molar-refractivity contribution in [2.24, 2.45) is 0 Å². The molecule has 0 saturated heterocycles. The lowest BCUT2D eigenvalue weighted by molar-refractivity contribution is 1.23. The molecule has 0 N–H and O–H groups in total. The van der Waals surface area contributed by atoms with Crippen LogP contribution in [0.25, 0.3) is 49.4 Å². The minimum Gasteiger partial charge on any atom is -0.310 e. The minimum atomic E-state index is 0.939. The lowest BCUT2D eigenvalue weighted by atomic mass is 9.90. The van der Waals surface area contributed by atoms with Gasteiger partial charge < -0.3 is 9.47 Å². The van der Waals surface area contributed by atoms with Gasteiger partial charge in [0.1, 0.15) is 0 Å². The van der Waals surface area contributed by atoms with E-state index >= 15 is 0 Å². The highest BCUT2D eigenvalue weighted by Gasteiger charge is 2.27. The summed E-state index contributed by atoms with van der Waals surface area (Å²) in [5.74, 6) is 0. The standard InChI is InChI=1S/C35H26N2/c1-3-4-6-13-24(2)36-31-20-10-9-18-27(31)29-22-30-28-19-11-14-25-15-12-21-32(35(25)28)37(34(30)23-33(29)36)26-16-7-5-8-17-26/h3-23H,2H2,1H3/b4-3-,13-6-. The molecule has 1 aliphatic heterocycles. The molecule has 2 heterocycles. The fourth-order valence-electron chi connectivity index (χ4n) is 5.78. The van der Waals surface area contributed by atoms with Crippen LogP contribution >= 0.6 is 0 Å². The molecule has 0 atom stereocenters. The van der Waals surface area contributed by atoms with Gasteiger partial charge >= 0.3 is 0 Å². The van der Waals surface area contributed by atoms with Gasteiger partial charge in [-0.25, -0.2) is 0 Å². The van der Waals surface area contributed by atoms with E-state index in [0.717, 1.165) is 22.4 Å². The van der Waals surface area contributed by atoms with Gasteiger partial charge in [0.25, 0.3) is 0 Å². The maximum absolute atomic E-state index is 4.45. The van der Waals surface area contributed by atoms with Crippen molar-refractivity contribution in [3.05, 3.63) is 134 Å². The molecule has 7 rings (SSSR count). The van der Waals surface area contributed by atoms with Crippen LogP contribution < -0.4 is 4.90 Å². The smallest absolute Gasteiger partial charge is 0.0562 e. The summed E-state index contributed by atoms with van der Waals surface area (Å²) in [7, 11) is 0. The Labute approximate surface area is 216 Å². The van der Waals surface area contributed by atoms with E-state index in [9.17, 15) is 0 Å². The van der Waals surface area contributed by atoms with Gasteiger partial charge in [0.2, 0.25) is 0 Å². The number of rotatable bonds is 4. The van der Waals surface area contributed by atoms with Crippen LogP contribution in [-0.2, 0) is 0 Å². The van der Waals surface area contributed by atoms with Crippen molar-refractivity contribution in [3.8, 4) is 11.1 Å². The molecular formula is C35H26N2. The van der Waals surface area contributed by atoms with Gasteiger partial charge in [0.15, 0.2) is 0 Å². The van der Waals surface area contributed by atoms with Crippen LogP contribution in [-0.4, -0.2) is 4.57 Å². The molecule has 37 heavy (non-hydrogen) atoms. The Morgan fingerprint density at radius 1 is 0.676 bits per heavy atom. The van der Waals surface area contributed by atoms with E-state index in [-0.39, 0.29) is 0 Å². The van der Waals surface area contributed by atoms with Gasteiger partial charge in [-0.05, 0) is 60.3 Å². The van der Waals surface area contributed by atoms with Crippen LogP contribution in [0.3, 0.4) is 0 Å². The molecule has 2 heteroatoms. The average Bonchev–Trinajstić information content (AvgIpc) is 3.26. The lowest BCUT2D eigenvalue weighted by Gasteiger charge is -2.33. The van der Waals surface area contributed by atoms with Crippen LogP contribution in [0.2, 0.25) is 0 Å². The van der Waals surface area contributed by atoms with Gasteiger partial charge in [-0.3, -0.25) is 0 Å². The second-order valence-corrected chi connectivity index (χ2v) is 9.47. The first-order chi connectivity index (χ1) is 18.3. The van der Waals surface area contributed by atoms with E-state index in [2.05, 4.69) is 131 Å². The Kier molecular flexibility index (Phi) is 4.87. The van der Waals surface area contributed by atoms with E-state index < -0.39 is 0 Å². The van der Waals surface area contributed by atoms with E-state index in [4.69, 9.17) is 0 Å². The summed E-state index contributed by atoms with van der Waals surface area (Å²) in [6, 6.07) is 37.3. The van der Waals surface area contributed by atoms with Gasteiger partial charge in [0.05, 0.1) is 22.4 Å². The monoisotopic (exact) mass is 474 g/mol. The molecule has 0 spiro atoms. The Hall–Kier alpha value is -4.82. The van der Waals surface area contributed by atoms with Gasteiger partial charge in [0, 0.05) is 33.1 Å². The van der Waals surface area contributed by atoms with E-state index in [1.165, 1.54) is 44.0 Å². The van der Waals surface area contributed by atoms with Crippen LogP contribution in [0, 0.1) is 0 Å². The van der Waals surface area contributed by atoms with Crippen molar-refractivity contribution in [1.82, 2.24) is 4.57 Å². The fourth-order valence-corrected chi connectivity index (χ4v) is 5.78. The largest absolute Gasteiger partial charge is 0.310 e. The highest BCUT2D eigenvalue weighted by Crippen LogP contribution is 2.52. The summed E-state index contributed by atoms with van der Waals surface area (Å²) in [5.41, 5.74) is 9.33. The molecule has 0 aliphatic carbocycles. The topological polar surface area (TPSA) is 8.17 Å². The molecule has 6 aromatic rings. The third-order valence-electron chi connectivity index (χ3n) is 7.34. The number of anilines is 3. The number of para-hydroxylation sites is 2. The predicted octanol–water partition coefficient (Wildman–Crippen LogP) is 10.0. The van der Waals surface area contributed by atoms with E-state index in [1.807, 2.05) is 19.1 Å². The molecular weight excluding hydrogens is 448 g/mol. The van der Waals surface area contributed by atoms with Crippen LogP contribution in [0.1, 0.15) is 6.92 Å². The molecule has 0 fully saturated rings. The fraction of sp³-hybridized carbons (Fsp3) is 0.0286. The van der Waals surface area contributed by atoms with Gasteiger partial charge in [-0.15, -0.1) is 0 Å². The number of nitrogens with zero attached hydrogens (tertiary/aromatic N) is 2. The summed E-state index contributed by atoms with van der Waals surface area (Å²) in [6.45, 7) is 6.48.